The Morgan fingerprint density at radius 3 is 2.89 bits per heavy atom. The number of aromatic nitrogens is 2. The van der Waals surface area contributed by atoms with E-state index >= 15 is 0 Å². The molecule has 5 heteroatoms. The number of imidazole rings is 1. The van der Waals surface area contributed by atoms with E-state index in [4.69, 9.17) is 4.74 Å². The molecule has 1 aromatic heterocycles. The molecule has 1 saturated heterocycles. The van der Waals surface area contributed by atoms with Gasteiger partial charge < -0.3 is 14.2 Å². The van der Waals surface area contributed by atoms with Gasteiger partial charge in [0.05, 0.1) is 13.2 Å². The Morgan fingerprint density at radius 1 is 1.44 bits per heavy atom. The van der Waals surface area contributed by atoms with E-state index < -0.39 is 0 Å². The highest BCUT2D eigenvalue weighted by Crippen LogP contribution is 2.06. The minimum absolute atomic E-state index is 0.257. The number of hydrogen-bond acceptors (Lipinski definition) is 3. The first kappa shape index (κ1) is 13.1. The van der Waals surface area contributed by atoms with Gasteiger partial charge in [0.1, 0.15) is 12.0 Å². The lowest BCUT2D eigenvalue weighted by Crippen LogP contribution is -2.40. The van der Waals surface area contributed by atoms with Gasteiger partial charge >= 0.3 is 0 Å². The number of unbranched alkanes of at least 4 members (excludes halogenated alkanes) is 1. The molecule has 1 aliphatic heterocycles. The topological polar surface area (TPSA) is 47.4 Å². The third-order valence-electron chi connectivity index (χ3n) is 3.26. The van der Waals surface area contributed by atoms with Crippen molar-refractivity contribution in [2.24, 2.45) is 0 Å². The van der Waals surface area contributed by atoms with Gasteiger partial charge in [0.2, 0.25) is 5.91 Å². The highest BCUT2D eigenvalue weighted by molar-refractivity contribution is 5.76. The number of ether oxygens (including phenoxy) is 1. The van der Waals surface area contributed by atoms with Crippen LogP contribution in [0.2, 0.25) is 0 Å². The van der Waals surface area contributed by atoms with Gasteiger partial charge in [0.25, 0.3) is 0 Å². The van der Waals surface area contributed by atoms with Crippen LogP contribution in [0.15, 0.2) is 6.20 Å². The predicted octanol–water partition coefficient (Wildman–Crippen LogP) is 1.02. The number of carbonyl (C=O) groups is 1. The van der Waals surface area contributed by atoms with Crippen molar-refractivity contribution in [3.8, 4) is 0 Å². The monoisotopic (exact) mass is 250 g/mol. The minimum Gasteiger partial charge on any atom is -0.378 e. The maximum Gasteiger partial charge on any atom is 0.222 e. The number of carbonyl (C=O) groups excluding carboxylic acids is 1. The number of nitrogens with zero attached hydrogens (tertiary/aromatic N) is 3. The standard InChI is InChI=1S/C13H20N3O2/c1-12-14-5-7-15(12)6-3-2-4-13(17)16-8-10-18-11-9-16/h7H,2-4,6,8-11H2,1H3. The van der Waals surface area contributed by atoms with Gasteiger partial charge in [-0.25, -0.2) is 4.98 Å². The average molecular weight is 250 g/mol. The van der Waals surface area contributed by atoms with E-state index in [1.165, 1.54) is 0 Å². The van der Waals surface area contributed by atoms with Crippen LogP contribution in [0.3, 0.4) is 0 Å². The van der Waals surface area contributed by atoms with Crippen molar-refractivity contribution in [1.82, 2.24) is 14.5 Å². The number of morpholine rings is 1. The molecule has 1 fully saturated rings. The molecule has 1 aliphatic rings. The second-order valence-corrected chi connectivity index (χ2v) is 4.56. The lowest BCUT2D eigenvalue weighted by Gasteiger charge is -2.26. The number of aryl methyl sites for hydroxylation is 2. The molecule has 0 bridgehead atoms. The van der Waals surface area contributed by atoms with E-state index in [9.17, 15) is 4.79 Å². The Morgan fingerprint density at radius 2 is 2.22 bits per heavy atom. The van der Waals surface area contributed by atoms with Crippen molar-refractivity contribution in [3.05, 3.63) is 18.2 Å². The Hall–Kier alpha value is -1.36. The summed E-state index contributed by atoms with van der Waals surface area (Å²) in [6.45, 7) is 5.72. The molecule has 2 heterocycles. The number of amides is 1. The van der Waals surface area contributed by atoms with Crippen LogP contribution in [-0.2, 0) is 16.1 Å². The molecule has 1 amide bonds. The SMILES string of the molecule is Cc1n[c]cn1CCCCC(=O)N1CCOCC1. The zero-order valence-corrected chi connectivity index (χ0v) is 10.9. The Labute approximate surface area is 108 Å². The van der Waals surface area contributed by atoms with E-state index in [2.05, 4.69) is 15.7 Å². The summed E-state index contributed by atoms with van der Waals surface area (Å²) < 4.78 is 7.30. The lowest BCUT2D eigenvalue weighted by molar-refractivity contribution is -0.135. The van der Waals surface area contributed by atoms with E-state index in [0.717, 1.165) is 38.3 Å². The van der Waals surface area contributed by atoms with Crippen molar-refractivity contribution in [2.75, 3.05) is 26.3 Å². The molecule has 99 valence electrons. The molecule has 2 rings (SSSR count). The molecule has 0 unspecified atom stereocenters. The van der Waals surface area contributed by atoms with Crippen molar-refractivity contribution in [2.45, 2.75) is 32.7 Å². The predicted molar refractivity (Wildman–Crippen MR) is 67.1 cm³/mol. The van der Waals surface area contributed by atoms with Crippen molar-refractivity contribution < 1.29 is 9.53 Å². The van der Waals surface area contributed by atoms with Gasteiger partial charge in [-0.2, -0.15) is 0 Å². The maximum absolute atomic E-state index is 11.9. The summed E-state index contributed by atoms with van der Waals surface area (Å²) in [7, 11) is 0. The Balaban J connectivity index is 1.63. The van der Waals surface area contributed by atoms with E-state index in [0.29, 0.717) is 19.6 Å². The molecule has 0 aliphatic carbocycles. The zero-order chi connectivity index (χ0) is 12.8. The van der Waals surface area contributed by atoms with Gasteiger partial charge in [-0.3, -0.25) is 4.79 Å². The molecule has 18 heavy (non-hydrogen) atoms. The summed E-state index contributed by atoms with van der Waals surface area (Å²) in [5, 5.41) is 0. The second-order valence-electron chi connectivity index (χ2n) is 4.56. The second kappa shape index (κ2) is 6.54. The lowest BCUT2D eigenvalue weighted by atomic mass is 10.2. The largest absolute Gasteiger partial charge is 0.378 e. The van der Waals surface area contributed by atoms with Crippen molar-refractivity contribution in [1.29, 1.82) is 0 Å². The van der Waals surface area contributed by atoms with Crippen LogP contribution in [0.25, 0.3) is 0 Å². The third-order valence-corrected chi connectivity index (χ3v) is 3.26. The summed E-state index contributed by atoms with van der Waals surface area (Å²) >= 11 is 0. The molecule has 0 N–H and O–H groups in total. The van der Waals surface area contributed by atoms with Gasteiger partial charge in [0, 0.05) is 32.3 Å². The molecule has 5 nitrogen and oxygen atoms in total. The highest BCUT2D eigenvalue weighted by atomic mass is 16.5. The quantitative estimate of drug-likeness (QED) is 0.733. The first-order chi connectivity index (χ1) is 8.77. The number of hydrogen-bond donors (Lipinski definition) is 0. The fourth-order valence-electron chi connectivity index (χ4n) is 2.11. The van der Waals surface area contributed by atoms with Gasteiger partial charge in [-0.1, -0.05) is 0 Å². The molecular formula is C13H20N3O2. The van der Waals surface area contributed by atoms with Crippen LogP contribution >= 0.6 is 0 Å². The molecule has 1 aromatic rings. The molecule has 0 aromatic carbocycles. The molecule has 1 radical (unpaired) electrons. The maximum atomic E-state index is 11.9. The number of rotatable bonds is 5. The van der Waals surface area contributed by atoms with Crippen molar-refractivity contribution >= 4 is 5.91 Å². The molecule has 0 atom stereocenters. The summed E-state index contributed by atoms with van der Waals surface area (Å²) in [4.78, 5) is 17.8. The first-order valence-electron chi connectivity index (χ1n) is 6.53. The first-order valence-corrected chi connectivity index (χ1v) is 6.53. The van der Waals surface area contributed by atoms with E-state index in [1.54, 1.807) is 0 Å². The summed E-state index contributed by atoms with van der Waals surface area (Å²) in [5.41, 5.74) is 0. The van der Waals surface area contributed by atoms with Crippen LogP contribution < -0.4 is 0 Å². The Bertz CT molecular complexity index is 383. The van der Waals surface area contributed by atoms with Crippen LogP contribution in [0, 0.1) is 13.1 Å². The van der Waals surface area contributed by atoms with Gasteiger partial charge in [-0.05, 0) is 19.8 Å². The molecule has 0 spiro atoms. The smallest absolute Gasteiger partial charge is 0.222 e. The summed E-state index contributed by atoms with van der Waals surface area (Å²) in [5.74, 6) is 1.24. The fourth-order valence-corrected chi connectivity index (χ4v) is 2.11. The van der Waals surface area contributed by atoms with Gasteiger partial charge in [-0.15, -0.1) is 0 Å². The van der Waals surface area contributed by atoms with Crippen LogP contribution in [0.1, 0.15) is 25.1 Å². The minimum atomic E-state index is 0.257. The van der Waals surface area contributed by atoms with Crippen molar-refractivity contribution in [3.63, 3.8) is 0 Å². The normalized spacial score (nSPS) is 15.9. The van der Waals surface area contributed by atoms with Crippen LogP contribution in [0.5, 0.6) is 0 Å². The van der Waals surface area contributed by atoms with Gasteiger partial charge in [0.15, 0.2) is 0 Å². The van der Waals surface area contributed by atoms with E-state index in [-0.39, 0.29) is 5.91 Å². The molecular weight excluding hydrogens is 230 g/mol. The van der Waals surface area contributed by atoms with Crippen LogP contribution in [-0.4, -0.2) is 46.7 Å². The summed E-state index contributed by atoms with van der Waals surface area (Å²) in [6.07, 6.45) is 7.25. The highest BCUT2D eigenvalue weighted by Gasteiger charge is 2.15. The van der Waals surface area contributed by atoms with E-state index in [1.807, 2.05) is 18.0 Å². The van der Waals surface area contributed by atoms with Crippen LogP contribution in [0.4, 0.5) is 0 Å². The Kier molecular flexibility index (Phi) is 4.75. The molecule has 0 saturated carbocycles. The zero-order valence-electron chi connectivity index (χ0n) is 10.9. The fraction of sp³-hybridized carbons (Fsp3) is 0.692. The summed E-state index contributed by atoms with van der Waals surface area (Å²) in [6, 6.07) is 0. The average Bonchev–Trinajstić information content (AvgIpc) is 2.81. The third kappa shape index (κ3) is 3.57.